The number of aryl methyl sites for hydroxylation is 1. The van der Waals surface area contributed by atoms with Crippen LogP contribution in [0.15, 0.2) is 42.7 Å². The highest BCUT2D eigenvalue weighted by molar-refractivity contribution is 9.09. The molecule has 0 aliphatic rings. The first kappa shape index (κ1) is 15.0. The van der Waals surface area contributed by atoms with Crippen molar-refractivity contribution in [2.45, 2.75) is 30.5 Å². The summed E-state index contributed by atoms with van der Waals surface area (Å²) >= 11 is 3.73. The SMILES string of the molecule is COc1cc(CC(Br)CCCc2ccccc2)ncn1. The molecule has 0 aliphatic heterocycles. The van der Waals surface area contributed by atoms with Gasteiger partial charge in [0.2, 0.25) is 5.88 Å². The lowest BCUT2D eigenvalue weighted by atomic mass is 10.1. The third-order valence-electron chi connectivity index (χ3n) is 3.16. The zero-order valence-corrected chi connectivity index (χ0v) is 13.2. The molecule has 0 spiro atoms. The number of alkyl halides is 1. The summed E-state index contributed by atoms with van der Waals surface area (Å²) in [6.07, 6.45) is 5.87. The van der Waals surface area contributed by atoms with E-state index >= 15 is 0 Å². The summed E-state index contributed by atoms with van der Waals surface area (Å²) in [6, 6.07) is 12.5. The van der Waals surface area contributed by atoms with Crippen LogP contribution in [0.25, 0.3) is 0 Å². The van der Waals surface area contributed by atoms with E-state index in [9.17, 15) is 0 Å². The summed E-state index contributed by atoms with van der Waals surface area (Å²) in [5, 5.41) is 0. The maximum Gasteiger partial charge on any atom is 0.216 e. The van der Waals surface area contributed by atoms with E-state index in [-0.39, 0.29) is 0 Å². The monoisotopic (exact) mass is 334 g/mol. The lowest BCUT2D eigenvalue weighted by molar-refractivity contribution is 0.396. The fraction of sp³-hybridized carbons (Fsp3) is 0.375. The van der Waals surface area contributed by atoms with Crippen molar-refractivity contribution in [1.29, 1.82) is 0 Å². The summed E-state index contributed by atoms with van der Waals surface area (Å²) in [7, 11) is 1.62. The normalized spacial score (nSPS) is 12.1. The number of rotatable bonds is 7. The molecule has 3 nitrogen and oxygen atoms in total. The standard InChI is InChI=1S/C16H19BrN2O/c1-20-16-11-15(18-12-19-16)10-14(17)9-5-8-13-6-3-2-4-7-13/h2-4,6-7,11-12,14H,5,8-10H2,1H3. The highest BCUT2D eigenvalue weighted by Gasteiger charge is 2.08. The Morgan fingerprint density at radius 3 is 2.75 bits per heavy atom. The Kier molecular flexibility index (Phi) is 5.99. The molecule has 1 aromatic carbocycles. The van der Waals surface area contributed by atoms with Crippen LogP contribution in [0.2, 0.25) is 0 Å². The molecule has 1 heterocycles. The van der Waals surface area contributed by atoms with Gasteiger partial charge in [-0.25, -0.2) is 9.97 Å². The van der Waals surface area contributed by atoms with E-state index in [4.69, 9.17) is 4.74 Å². The Bertz CT molecular complexity index is 519. The molecule has 0 aliphatic carbocycles. The van der Waals surface area contributed by atoms with Crippen molar-refractivity contribution >= 4 is 15.9 Å². The smallest absolute Gasteiger partial charge is 0.216 e. The topological polar surface area (TPSA) is 35.0 Å². The van der Waals surface area contributed by atoms with Gasteiger partial charge >= 0.3 is 0 Å². The Labute approximate surface area is 128 Å². The van der Waals surface area contributed by atoms with Crippen molar-refractivity contribution in [1.82, 2.24) is 9.97 Å². The van der Waals surface area contributed by atoms with Crippen LogP contribution in [0, 0.1) is 0 Å². The molecule has 0 saturated carbocycles. The van der Waals surface area contributed by atoms with Crippen molar-refractivity contribution in [2.75, 3.05) is 7.11 Å². The minimum absolute atomic E-state index is 0.436. The van der Waals surface area contributed by atoms with Crippen LogP contribution in [-0.4, -0.2) is 21.9 Å². The fourth-order valence-corrected chi connectivity index (χ4v) is 2.76. The van der Waals surface area contributed by atoms with Crippen LogP contribution in [-0.2, 0) is 12.8 Å². The zero-order valence-electron chi connectivity index (χ0n) is 11.6. The summed E-state index contributed by atoms with van der Waals surface area (Å²) in [5.74, 6) is 0.624. The summed E-state index contributed by atoms with van der Waals surface area (Å²) < 4.78 is 5.11. The quantitative estimate of drug-likeness (QED) is 0.722. The molecule has 0 fully saturated rings. The molecule has 4 heteroatoms. The molecule has 2 aromatic rings. The molecule has 0 radical (unpaired) electrons. The Balaban J connectivity index is 1.76. The van der Waals surface area contributed by atoms with Gasteiger partial charge in [0.1, 0.15) is 6.33 Å². The molecule has 106 valence electrons. The summed E-state index contributed by atoms with van der Waals surface area (Å²) in [4.78, 5) is 8.73. The third kappa shape index (κ3) is 4.93. The minimum Gasteiger partial charge on any atom is -0.481 e. The maximum absolute atomic E-state index is 5.11. The van der Waals surface area contributed by atoms with Gasteiger partial charge in [0.05, 0.1) is 7.11 Å². The van der Waals surface area contributed by atoms with Crippen molar-refractivity contribution in [3.63, 3.8) is 0 Å². The number of ether oxygens (including phenoxy) is 1. The largest absolute Gasteiger partial charge is 0.481 e. The number of hydrogen-bond donors (Lipinski definition) is 0. The van der Waals surface area contributed by atoms with Crippen molar-refractivity contribution in [3.05, 3.63) is 54.0 Å². The highest BCUT2D eigenvalue weighted by Crippen LogP contribution is 2.17. The van der Waals surface area contributed by atoms with Gasteiger partial charge in [-0.15, -0.1) is 0 Å². The molecule has 1 aromatic heterocycles. The van der Waals surface area contributed by atoms with E-state index in [1.54, 1.807) is 13.4 Å². The summed E-state index contributed by atoms with van der Waals surface area (Å²) in [5.41, 5.74) is 2.41. The van der Waals surface area contributed by atoms with E-state index < -0.39 is 0 Å². The summed E-state index contributed by atoms with van der Waals surface area (Å²) in [6.45, 7) is 0. The first-order chi connectivity index (χ1) is 9.78. The Morgan fingerprint density at radius 2 is 2.00 bits per heavy atom. The molecule has 0 amide bonds. The van der Waals surface area contributed by atoms with Gasteiger partial charge in [0, 0.05) is 23.0 Å². The molecule has 1 atom stereocenters. The fourth-order valence-electron chi connectivity index (χ4n) is 2.10. The van der Waals surface area contributed by atoms with Gasteiger partial charge in [-0.05, 0) is 24.8 Å². The first-order valence-corrected chi connectivity index (χ1v) is 7.72. The second kappa shape index (κ2) is 8.00. The lowest BCUT2D eigenvalue weighted by Gasteiger charge is -2.09. The molecule has 0 saturated heterocycles. The van der Waals surface area contributed by atoms with Crippen molar-refractivity contribution in [2.24, 2.45) is 0 Å². The van der Waals surface area contributed by atoms with Crippen LogP contribution in [0.3, 0.4) is 0 Å². The molecule has 20 heavy (non-hydrogen) atoms. The van der Waals surface area contributed by atoms with Gasteiger partial charge in [0.15, 0.2) is 0 Å². The predicted molar refractivity (Wildman–Crippen MR) is 84.4 cm³/mol. The Morgan fingerprint density at radius 1 is 1.20 bits per heavy atom. The van der Waals surface area contributed by atoms with Crippen LogP contribution in [0.4, 0.5) is 0 Å². The number of benzene rings is 1. The predicted octanol–water partition coefficient (Wildman–Crippen LogP) is 3.81. The molecule has 0 N–H and O–H groups in total. The first-order valence-electron chi connectivity index (χ1n) is 6.81. The van der Waals surface area contributed by atoms with E-state index in [0.717, 1.165) is 25.0 Å². The van der Waals surface area contributed by atoms with Crippen molar-refractivity contribution in [3.8, 4) is 5.88 Å². The van der Waals surface area contributed by atoms with Gasteiger partial charge in [-0.2, -0.15) is 0 Å². The van der Waals surface area contributed by atoms with E-state index in [0.29, 0.717) is 10.7 Å². The Hall–Kier alpha value is -1.42. The van der Waals surface area contributed by atoms with Gasteiger partial charge in [-0.1, -0.05) is 46.3 Å². The molecule has 2 rings (SSSR count). The van der Waals surface area contributed by atoms with Crippen LogP contribution in [0.5, 0.6) is 5.88 Å². The minimum atomic E-state index is 0.436. The maximum atomic E-state index is 5.11. The van der Waals surface area contributed by atoms with E-state index in [2.05, 4.69) is 56.2 Å². The second-order valence-electron chi connectivity index (χ2n) is 4.73. The third-order valence-corrected chi connectivity index (χ3v) is 3.95. The number of methoxy groups -OCH3 is 1. The average Bonchev–Trinajstić information content (AvgIpc) is 2.48. The van der Waals surface area contributed by atoms with Crippen LogP contribution in [0.1, 0.15) is 24.1 Å². The average molecular weight is 335 g/mol. The van der Waals surface area contributed by atoms with Gasteiger partial charge in [-0.3, -0.25) is 0 Å². The second-order valence-corrected chi connectivity index (χ2v) is 6.03. The molecular weight excluding hydrogens is 316 g/mol. The molecule has 0 bridgehead atoms. The molecule has 1 unspecified atom stereocenters. The van der Waals surface area contributed by atoms with Crippen LogP contribution < -0.4 is 4.74 Å². The van der Waals surface area contributed by atoms with Gasteiger partial charge in [0.25, 0.3) is 0 Å². The number of hydrogen-bond acceptors (Lipinski definition) is 3. The lowest BCUT2D eigenvalue weighted by Crippen LogP contribution is -2.05. The number of aromatic nitrogens is 2. The number of halogens is 1. The van der Waals surface area contributed by atoms with Crippen molar-refractivity contribution < 1.29 is 4.74 Å². The molecular formula is C16H19BrN2O. The highest BCUT2D eigenvalue weighted by atomic mass is 79.9. The van der Waals surface area contributed by atoms with E-state index in [1.165, 1.54) is 12.0 Å². The zero-order chi connectivity index (χ0) is 14.2. The van der Waals surface area contributed by atoms with E-state index in [1.807, 2.05) is 6.07 Å². The van der Waals surface area contributed by atoms with Crippen LogP contribution >= 0.6 is 15.9 Å². The van der Waals surface area contributed by atoms with Gasteiger partial charge < -0.3 is 4.74 Å². The number of nitrogens with zero attached hydrogens (tertiary/aromatic N) is 2.